The average molecular weight is 299 g/mol. The molecule has 3 N–H and O–H groups in total. The third kappa shape index (κ3) is 4.49. The molecule has 1 amide bonds. The molecule has 0 aliphatic heterocycles. The number of aromatic nitrogens is 3. The second kappa shape index (κ2) is 7.64. The van der Waals surface area contributed by atoms with Gasteiger partial charge in [-0.3, -0.25) is 4.79 Å². The molecular weight excluding hydrogens is 274 g/mol. The van der Waals surface area contributed by atoms with Crippen LogP contribution in [-0.2, 0) is 11.3 Å². The number of nitrogens with zero attached hydrogens (tertiary/aromatic N) is 3. The number of hydrogen-bond donors (Lipinski definition) is 2. The van der Waals surface area contributed by atoms with E-state index in [1.165, 1.54) is 11.8 Å². The van der Waals surface area contributed by atoms with Crippen LogP contribution in [0.15, 0.2) is 5.16 Å². The lowest BCUT2D eigenvalue weighted by Crippen LogP contribution is -2.37. The van der Waals surface area contributed by atoms with Crippen molar-refractivity contribution in [2.75, 3.05) is 5.75 Å². The molecular formula is C13H25N5OS. The van der Waals surface area contributed by atoms with Crippen molar-refractivity contribution in [3.8, 4) is 0 Å². The highest BCUT2D eigenvalue weighted by molar-refractivity contribution is 7.99. The first-order chi connectivity index (χ1) is 9.36. The second-order valence-electron chi connectivity index (χ2n) is 5.46. The van der Waals surface area contributed by atoms with Gasteiger partial charge in [0.1, 0.15) is 5.82 Å². The first-order valence-corrected chi connectivity index (χ1v) is 7.91. The lowest BCUT2D eigenvalue weighted by Gasteiger charge is -2.17. The van der Waals surface area contributed by atoms with Gasteiger partial charge in [0, 0.05) is 12.1 Å². The lowest BCUT2D eigenvalue weighted by molar-refractivity contribution is -0.119. The fraction of sp³-hybridized carbons (Fsp3) is 0.769. The zero-order valence-electron chi connectivity index (χ0n) is 12.9. The Morgan fingerprint density at radius 2 is 1.95 bits per heavy atom. The summed E-state index contributed by atoms with van der Waals surface area (Å²) in [5, 5.41) is 11.9. The van der Waals surface area contributed by atoms with Crippen LogP contribution in [0, 0.1) is 5.92 Å². The molecule has 0 aliphatic rings. The normalized spacial score (nSPS) is 13.0. The van der Waals surface area contributed by atoms with Crippen LogP contribution in [0.2, 0.25) is 0 Å². The Kier molecular flexibility index (Phi) is 6.48. The van der Waals surface area contributed by atoms with Crippen LogP contribution in [-0.4, -0.2) is 32.5 Å². The van der Waals surface area contributed by atoms with Gasteiger partial charge < -0.3 is 15.6 Å². The van der Waals surface area contributed by atoms with E-state index < -0.39 is 0 Å². The molecule has 6 nitrogen and oxygen atoms in total. The summed E-state index contributed by atoms with van der Waals surface area (Å²) in [7, 11) is 0. The fourth-order valence-electron chi connectivity index (χ4n) is 1.66. The average Bonchev–Trinajstić information content (AvgIpc) is 2.79. The van der Waals surface area contributed by atoms with E-state index in [9.17, 15) is 4.79 Å². The first-order valence-electron chi connectivity index (χ1n) is 6.92. The molecule has 0 radical (unpaired) electrons. The predicted octanol–water partition coefficient (Wildman–Crippen LogP) is 1.57. The quantitative estimate of drug-likeness (QED) is 0.746. The number of carbonyl (C=O) groups excluding carboxylic acids is 1. The molecule has 0 fully saturated rings. The molecule has 0 saturated carbocycles. The van der Waals surface area contributed by atoms with Gasteiger partial charge in [0.15, 0.2) is 5.16 Å². The van der Waals surface area contributed by atoms with Crippen molar-refractivity contribution in [1.29, 1.82) is 0 Å². The number of rotatable bonds is 7. The van der Waals surface area contributed by atoms with Crippen LogP contribution in [0.25, 0.3) is 0 Å². The minimum atomic E-state index is 0.0174. The molecule has 7 heteroatoms. The van der Waals surface area contributed by atoms with Crippen LogP contribution >= 0.6 is 11.8 Å². The highest BCUT2D eigenvalue weighted by Crippen LogP contribution is 2.21. The van der Waals surface area contributed by atoms with E-state index in [4.69, 9.17) is 5.73 Å². The summed E-state index contributed by atoms with van der Waals surface area (Å²) in [4.78, 5) is 11.9. The highest BCUT2D eigenvalue weighted by Gasteiger charge is 2.16. The maximum Gasteiger partial charge on any atom is 0.230 e. The monoisotopic (exact) mass is 299 g/mol. The Labute approximate surface area is 124 Å². The summed E-state index contributed by atoms with van der Waals surface area (Å²) in [6, 6.07) is 0.398. The second-order valence-corrected chi connectivity index (χ2v) is 6.40. The number of carbonyl (C=O) groups is 1. The zero-order valence-corrected chi connectivity index (χ0v) is 13.7. The number of amides is 1. The van der Waals surface area contributed by atoms with E-state index >= 15 is 0 Å². The largest absolute Gasteiger partial charge is 0.353 e. The van der Waals surface area contributed by atoms with Crippen molar-refractivity contribution in [3.05, 3.63) is 5.82 Å². The predicted molar refractivity (Wildman–Crippen MR) is 81.5 cm³/mol. The Bertz CT molecular complexity index is 444. The molecule has 1 rings (SSSR count). The van der Waals surface area contributed by atoms with Gasteiger partial charge >= 0.3 is 0 Å². The smallest absolute Gasteiger partial charge is 0.230 e. The summed E-state index contributed by atoms with van der Waals surface area (Å²) >= 11 is 1.40. The highest BCUT2D eigenvalue weighted by atomic mass is 32.2. The molecule has 1 aromatic heterocycles. The minimum Gasteiger partial charge on any atom is -0.353 e. The van der Waals surface area contributed by atoms with E-state index in [-0.39, 0.29) is 18.0 Å². The molecule has 1 unspecified atom stereocenters. The lowest BCUT2D eigenvalue weighted by atomic mass is 10.1. The zero-order chi connectivity index (χ0) is 15.3. The molecule has 0 aromatic carbocycles. The summed E-state index contributed by atoms with van der Waals surface area (Å²) in [5.41, 5.74) is 5.65. The number of nitrogens with one attached hydrogen (secondary N) is 1. The summed E-state index contributed by atoms with van der Waals surface area (Å²) in [6.07, 6.45) is 0. The van der Waals surface area contributed by atoms with Crippen LogP contribution in [0.3, 0.4) is 0 Å². The topological polar surface area (TPSA) is 85.8 Å². The van der Waals surface area contributed by atoms with Crippen LogP contribution < -0.4 is 11.1 Å². The Hall–Kier alpha value is -1.08. The van der Waals surface area contributed by atoms with Gasteiger partial charge in [0.2, 0.25) is 5.91 Å². The van der Waals surface area contributed by atoms with E-state index in [1.54, 1.807) is 0 Å². The summed E-state index contributed by atoms with van der Waals surface area (Å²) in [6.45, 7) is 10.6. The van der Waals surface area contributed by atoms with Crippen molar-refractivity contribution in [3.63, 3.8) is 0 Å². The van der Waals surface area contributed by atoms with E-state index in [1.807, 2.05) is 25.3 Å². The Balaban J connectivity index is 2.62. The number of nitrogens with two attached hydrogens (primary N) is 1. The molecule has 1 heterocycles. The van der Waals surface area contributed by atoms with E-state index in [0.29, 0.717) is 18.2 Å². The summed E-state index contributed by atoms with van der Waals surface area (Å²) in [5.74, 6) is 1.53. The van der Waals surface area contributed by atoms with Gasteiger partial charge in [0.25, 0.3) is 0 Å². The van der Waals surface area contributed by atoms with Gasteiger partial charge in [0.05, 0.1) is 12.3 Å². The molecule has 1 atom stereocenters. The molecule has 0 aliphatic carbocycles. The van der Waals surface area contributed by atoms with Gasteiger partial charge in [-0.25, -0.2) is 0 Å². The molecule has 114 valence electrons. The van der Waals surface area contributed by atoms with Crippen LogP contribution in [0.1, 0.15) is 46.5 Å². The summed E-state index contributed by atoms with van der Waals surface area (Å²) < 4.78 is 1.98. The third-order valence-electron chi connectivity index (χ3n) is 3.16. The van der Waals surface area contributed by atoms with Gasteiger partial charge in [-0.1, -0.05) is 25.6 Å². The fourth-order valence-corrected chi connectivity index (χ4v) is 2.55. The van der Waals surface area contributed by atoms with E-state index in [2.05, 4.69) is 29.4 Å². The van der Waals surface area contributed by atoms with Gasteiger partial charge in [-0.2, -0.15) is 0 Å². The Morgan fingerprint density at radius 3 is 2.45 bits per heavy atom. The number of thioether (sulfide) groups is 1. The molecule has 0 saturated heterocycles. The Morgan fingerprint density at radius 1 is 1.30 bits per heavy atom. The molecule has 0 spiro atoms. The van der Waals surface area contributed by atoms with Crippen molar-refractivity contribution in [1.82, 2.24) is 20.1 Å². The van der Waals surface area contributed by atoms with Gasteiger partial charge in [-0.15, -0.1) is 10.2 Å². The van der Waals surface area contributed by atoms with Crippen LogP contribution in [0.4, 0.5) is 0 Å². The van der Waals surface area contributed by atoms with E-state index in [0.717, 1.165) is 11.0 Å². The standard InChI is InChI=1S/C13H25N5OS/c1-8(2)10(5)15-12(19)7-20-13-17-16-11(6-14)18(13)9(3)4/h8-10H,6-7,14H2,1-5H3,(H,15,19). The maximum atomic E-state index is 11.9. The van der Waals surface area contributed by atoms with Crippen LogP contribution in [0.5, 0.6) is 0 Å². The SMILES string of the molecule is CC(C)C(C)NC(=O)CSc1nnc(CN)n1C(C)C. The third-order valence-corrected chi connectivity index (χ3v) is 4.10. The first kappa shape index (κ1) is 17.0. The number of hydrogen-bond acceptors (Lipinski definition) is 5. The van der Waals surface area contributed by atoms with Gasteiger partial charge in [-0.05, 0) is 26.7 Å². The molecule has 20 heavy (non-hydrogen) atoms. The van der Waals surface area contributed by atoms with Crippen molar-refractivity contribution in [2.45, 2.75) is 58.4 Å². The van der Waals surface area contributed by atoms with Crippen molar-refractivity contribution in [2.24, 2.45) is 11.7 Å². The van der Waals surface area contributed by atoms with Crippen molar-refractivity contribution < 1.29 is 4.79 Å². The minimum absolute atomic E-state index is 0.0174. The molecule has 0 bridgehead atoms. The molecule has 1 aromatic rings. The van der Waals surface area contributed by atoms with Crippen molar-refractivity contribution >= 4 is 17.7 Å². The maximum absolute atomic E-state index is 11.9.